The third-order valence-electron chi connectivity index (χ3n) is 4.38. The summed E-state index contributed by atoms with van der Waals surface area (Å²) in [5.74, 6) is 1.47. The number of anilines is 1. The van der Waals surface area contributed by atoms with Crippen molar-refractivity contribution in [1.29, 1.82) is 0 Å². The summed E-state index contributed by atoms with van der Waals surface area (Å²) in [6.07, 6.45) is 0. The highest BCUT2D eigenvalue weighted by molar-refractivity contribution is 6.02. The molecule has 0 spiro atoms. The third kappa shape index (κ3) is 3.03. The lowest BCUT2D eigenvalue weighted by atomic mass is 10.1. The standard InChI is InChI=1S/C19H18N2O5/c1-12(13-6-7-16-17(8-13)26-11-25-16)20-18(22)9-21-14-4-2-3-5-15(14)24-10-19(21)23/h2-8,12H,9-11H2,1H3,(H,20,22). The van der Waals surface area contributed by atoms with Crippen molar-refractivity contribution in [3.05, 3.63) is 48.0 Å². The van der Waals surface area contributed by atoms with Gasteiger partial charge in [0.05, 0.1) is 11.7 Å². The molecule has 1 N–H and O–H groups in total. The number of carbonyl (C=O) groups excluding carboxylic acids is 2. The van der Waals surface area contributed by atoms with E-state index in [1.165, 1.54) is 4.90 Å². The molecule has 26 heavy (non-hydrogen) atoms. The molecule has 0 aliphatic carbocycles. The number of rotatable bonds is 4. The van der Waals surface area contributed by atoms with Crippen molar-refractivity contribution in [1.82, 2.24) is 5.32 Å². The Kier molecular flexibility index (Phi) is 4.12. The number of para-hydroxylation sites is 2. The maximum atomic E-state index is 12.5. The molecular weight excluding hydrogens is 336 g/mol. The summed E-state index contributed by atoms with van der Waals surface area (Å²) in [4.78, 5) is 26.1. The summed E-state index contributed by atoms with van der Waals surface area (Å²) in [7, 11) is 0. The van der Waals surface area contributed by atoms with E-state index in [-0.39, 0.29) is 37.8 Å². The zero-order chi connectivity index (χ0) is 18.1. The fourth-order valence-corrected chi connectivity index (χ4v) is 3.02. The number of fused-ring (bicyclic) bond motifs is 2. The highest BCUT2D eigenvalue weighted by Gasteiger charge is 2.27. The van der Waals surface area contributed by atoms with Gasteiger partial charge in [-0.1, -0.05) is 18.2 Å². The Morgan fingerprint density at radius 1 is 1.12 bits per heavy atom. The normalized spacial score (nSPS) is 15.9. The van der Waals surface area contributed by atoms with Gasteiger partial charge in [-0.25, -0.2) is 0 Å². The van der Waals surface area contributed by atoms with Crippen LogP contribution in [0.4, 0.5) is 5.69 Å². The SMILES string of the molecule is CC(NC(=O)CN1C(=O)COc2ccccc21)c1ccc2c(c1)OCO2. The molecule has 134 valence electrons. The van der Waals surface area contributed by atoms with Gasteiger partial charge in [-0.2, -0.15) is 0 Å². The molecular formula is C19H18N2O5. The molecule has 2 aromatic carbocycles. The molecule has 2 heterocycles. The second-order valence-electron chi connectivity index (χ2n) is 6.14. The maximum absolute atomic E-state index is 12.5. The number of nitrogens with one attached hydrogen (secondary N) is 1. The number of carbonyl (C=O) groups is 2. The van der Waals surface area contributed by atoms with Crippen LogP contribution in [0.3, 0.4) is 0 Å². The number of benzene rings is 2. The Hall–Kier alpha value is -3.22. The van der Waals surface area contributed by atoms with Gasteiger partial charge in [0.25, 0.3) is 5.91 Å². The first-order valence-electron chi connectivity index (χ1n) is 8.33. The Labute approximate surface area is 150 Å². The van der Waals surface area contributed by atoms with E-state index >= 15 is 0 Å². The fraction of sp³-hybridized carbons (Fsp3) is 0.263. The van der Waals surface area contributed by atoms with Gasteiger partial charge in [0, 0.05) is 0 Å². The number of nitrogens with zero attached hydrogens (tertiary/aromatic N) is 1. The first-order chi connectivity index (χ1) is 12.6. The molecule has 0 fully saturated rings. The Bertz CT molecular complexity index is 867. The van der Waals surface area contributed by atoms with Gasteiger partial charge >= 0.3 is 0 Å². The zero-order valence-corrected chi connectivity index (χ0v) is 14.2. The average Bonchev–Trinajstić information content (AvgIpc) is 3.12. The van der Waals surface area contributed by atoms with Crippen LogP contribution in [0, 0.1) is 0 Å². The molecule has 4 rings (SSSR count). The first-order valence-corrected chi connectivity index (χ1v) is 8.33. The molecule has 2 aliphatic rings. The lowest BCUT2D eigenvalue weighted by Gasteiger charge is -2.29. The van der Waals surface area contributed by atoms with Gasteiger partial charge in [-0.05, 0) is 36.8 Å². The lowest BCUT2D eigenvalue weighted by Crippen LogP contribution is -2.45. The average molecular weight is 354 g/mol. The summed E-state index contributed by atoms with van der Waals surface area (Å²) in [5, 5.41) is 2.92. The molecule has 0 saturated carbocycles. The largest absolute Gasteiger partial charge is 0.482 e. The molecule has 0 bridgehead atoms. The lowest BCUT2D eigenvalue weighted by molar-refractivity contribution is -0.125. The van der Waals surface area contributed by atoms with Crippen LogP contribution in [0.5, 0.6) is 17.2 Å². The summed E-state index contributed by atoms with van der Waals surface area (Å²) < 4.78 is 16.1. The van der Waals surface area contributed by atoms with E-state index in [2.05, 4.69) is 5.32 Å². The van der Waals surface area contributed by atoms with Crippen LogP contribution in [0.15, 0.2) is 42.5 Å². The first kappa shape index (κ1) is 16.3. The zero-order valence-electron chi connectivity index (χ0n) is 14.2. The number of amides is 2. The van der Waals surface area contributed by atoms with Crippen LogP contribution in [0.25, 0.3) is 0 Å². The van der Waals surface area contributed by atoms with E-state index in [1.54, 1.807) is 18.2 Å². The van der Waals surface area contributed by atoms with Crippen LogP contribution in [-0.2, 0) is 9.59 Å². The summed E-state index contributed by atoms with van der Waals surface area (Å²) in [6, 6.07) is 12.5. The van der Waals surface area contributed by atoms with E-state index in [9.17, 15) is 9.59 Å². The third-order valence-corrected chi connectivity index (χ3v) is 4.38. The van der Waals surface area contributed by atoms with Gasteiger partial charge in [0.1, 0.15) is 12.3 Å². The molecule has 0 saturated heterocycles. The van der Waals surface area contributed by atoms with Crippen LogP contribution in [-0.4, -0.2) is 31.8 Å². The predicted molar refractivity (Wildman–Crippen MR) is 93.4 cm³/mol. The Balaban J connectivity index is 1.45. The highest BCUT2D eigenvalue weighted by atomic mass is 16.7. The van der Waals surface area contributed by atoms with Crippen molar-refractivity contribution in [3.63, 3.8) is 0 Å². The van der Waals surface area contributed by atoms with Gasteiger partial charge < -0.3 is 19.5 Å². The van der Waals surface area contributed by atoms with Gasteiger partial charge in [0.15, 0.2) is 18.1 Å². The molecule has 2 aromatic rings. The van der Waals surface area contributed by atoms with Gasteiger partial charge in [-0.15, -0.1) is 0 Å². The van der Waals surface area contributed by atoms with Crippen molar-refractivity contribution in [2.75, 3.05) is 24.8 Å². The Morgan fingerprint density at radius 3 is 2.81 bits per heavy atom. The minimum atomic E-state index is -0.250. The predicted octanol–water partition coefficient (Wildman–Crippen LogP) is 2.02. The number of hydrogen-bond acceptors (Lipinski definition) is 5. The van der Waals surface area contributed by atoms with E-state index in [4.69, 9.17) is 14.2 Å². The minimum absolute atomic E-state index is 0.0614. The Morgan fingerprint density at radius 2 is 1.92 bits per heavy atom. The minimum Gasteiger partial charge on any atom is -0.482 e. The van der Waals surface area contributed by atoms with Crippen molar-refractivity contribution in [3.8, 4) is 17.2 Å². The van der Waals surface area contributed by atoms with Gasteiger partial charge in [0.2, 0.25) is 12.7 Å². The second-order valence-corrected chi connectivity index (χ2v) is 6.14. The monoisotopic (exact) mass is 354 g/mol. The van der Waals surface area contributed by atoms with Crippen molar-refractivity contribution in [2.24, 2.45) is 0 Å². The van der Waals surface area contributed by atoms with Crippen molar-refractivity contribution >= 4 is 17.5 Å². The molecule has 7 nitrogen and oxygen atoms in total. The molecule has 7 heteroatoms. The van der Waals surface area contributed by atoms with Crippen LogP contribution < -0.4 is 24.4 Å². The molecule has 2 aliphatic heterocycles. The van der Waals surface area contributed by atoms with Crippen LogP contribution in [0.2, 0.25) is 0 Å². The van der Waals surface area contributed by atoms with Crippen molar-refractivity contribution < 1.29 is 23.8 Å². The maximum Gasteiger partial charge on any atom is 0.265 e. The van der Waals surface area contributed by atoms with E-state index in [0.29, 0.717) is 22.9 Å². The van der Waals surface area contributed by atoms with E-state index in [0.717, 1.165) is 5.56 Å². The molecule has 0 aromatic heterocycles. The van der Waals surface area contributed by atoms with Crippen molar-refractivity contribution in [2.45, 2.75) is 13.0 Å². The van der Waals surface area contributed by atoms with Gasteiger partial charge in [-0.3, -0.25) is 14.5 Å². The number of hydrogen-bond donors (Lipinski definition) is 1. The van der Waals surface area contributed by atoms with Crippen LogP contribution in [0.1, 0.15) is 18.5 Å². The molecule has 1 unspecified atom stereocenters. The summed E-state index contributed by atoms with van der Waals surface area (Å²) in [5.41, 5.74) is 1.51. The smallest absolute Gasteiger partial charge is 0.265 e. The number of ether oxygens (including phenoxy) is 3. The van der Waals surface area contributed by atoms with E-state index < -0.39 is 0 Å². The van der Waals surface area contributed by atoms with E-state index in [1.807, 2.05) is 31.2 Å². The topological polar surface area (TPSA) is 77.1 Å². The summed E-state index contributed by atoms with van der Waals surface area (Å²) in [6.45, 7) is 1.96. The fourth-order valence-electron chi connectivity index (χ4n) is 3.02. The second kappa shape index (κ2) is 6.59. The highest BCUT2D eigenvalue weighted by Crippen LogP contribution is 2.34. The summed E-state index contributed by atoms with van der Waals surface area (Å²) >= 11 is 0. The molecule has 2 amide bonds. The van der Waals surface area contributed by atoms with Crippen LogP contribution >= 0.6 is 0 Å². The molecule has 1 atom stereocenters. The molecule has 0 radical (unpaired) electrons. The quantitative estimate of drug-likeness (QED) is 0.909.